The maximum atomic E-state index is 5.30. The summed E-state index contributed by atoms with van der Waals surface area (Å²) in [5.74, 6) is 0. The van der Waals surface area contributed by atoms with Crippen LogP contribution in [-0.2, 0) is 9.05 Å². The van der Waals surface area contributed by atoms with Gasteiger partial charge in [-0.3, -0.25) is 0 Å². The monoisotopic (exact) mass is 301 g/mol. The zero-order valence-corrected chi connectivity index (χ0v) is 10.2. The van der Waals surface area contributed by atoms with Crippen molar-refractivity contribution in [2.45, 2.75) is 0 Å². The summed E-state index contributed by atoms with van der Waals surface area (Å²) in [7, 11) is 0. The summed E-state index contributed by atoms with van der Waals surface area (Å²) in [5, 5.41) is 0. The molecule has 13 heavy (non-hydrogen) atoms. The van der Waals surface area contributed by atoms with Gasteiger partial charge >= 0.3 is 87.2 Å². The fraction of sp³-hybridized carbons (Fsp3) is 1.00. The molecular formula is C6H18N3O3Sb. The first-order valence-electron chi connectivity index (χ1n) is 4.14. The Bertz CT molecular complexity index is 90.1. The Hall–Kier alpha value is 0.578. The van der Waals surface area contributed by atoms with Crippen molar-refractivity contribution in [3.05, 3.63) is 0 Å². The quantitative estimate of drug-likeness (QED) is 0.421. The molecule has 0 unspecified atom stereocenters. The predicted molar refractivity (Wildman–Crippen MR) is 50.8 cm³/mol. The van der Waals surface area contributed by atoms with E-state index in [4.69, 9.17) is 26.2 Å². The molecule has 0 aliphatic carbocycles. The summed E-state index contributed by atoms with van der Waals surface area (Å²) in [5.41, 5.74) is 15.8. The van der Waals surface area contributed by atoms with E-state index in [9.17, 15) is 0 Å². The van der Waals surface area contributed by atoms with E-state index in [1.54, 1.807) is 0 Å². The molecule has 0 rings (SSSR count). The van der Waals surface area contributed by atoms with E-state index in [1.807, 2.05) is 0 Å². The Morgan fingerprint density at radius 1 is 0.692 bits per heavy atom. The second-order valence-electron chi connectivity index (χ2n) is 2.09. The van der Waals surface area contributed by atoms with Gasteiger partial charge in [0.1, 0.15) is 0 Å². The van der Waals surface area contributed by atoms with Gasteiger partial charge in [0, 0.05) is 0 Å². The Labute approximate surface area is 87.3 Å². The predicted octanol–water partition coefficient (Wildman–Crippen LogP) is -2.10. The van der Waals surface area contributed by atoms with Crippen LogP contribution in [0, 0.1) is 0 Å². The van der Waals surface area contributed by atoms with Crippen molar-refractivity contribution < 1.29 is 9.05 Å². The fourth-order valence-electron chi connectivity index (χ4n) is 0.494. The van der Waals surface area contributed by atoms with Gasteiger partial charge in [-0.2, -0.15) is 0 Å². The molecule has 0 fully saturated rings. The number of hydrogen-bond donors (Lipinski definition) is 3. The molecule has 0 saturated heterocycles. The van der Waals surface area contributed by atoms with Gasteiger partial charge in [0.25, 0.3) is 0 Å². The molecule has 6 nitrogen and oxygen atoms in total. The van der Waals surface area contributed by atoms with Crippen LogP contribution in [0.5, 0.6) is 0 Å². The first-order valence-corrected chi connectivity index (χ1v) is 7.27. The van der Waals surface area contributed by atoms with Crippen molar-refractivity contribution in [3.63, 3.8) is 0 Å². The normalized spacial score (nSPS) is 11.1. The van der Waals surface area contributed by atoms with E-state index in [-0.39, 0.29) is 0 Å². The van der Waals surface area contributed by atoms with E-state index in [1.165, 1.54) is 0 Å². The van der Waals surface area contributed by atoms with E-state index in [0.717, 1.165) is 0 Å². The summed E-state index contributed by atoms with van der Waals surface area (Å²) >= 11 is -2.45. The van der Waals surface area contributed by atoms with Crippen LogP contribution < -0.4 is 17.2 Å². The summed E-state index contributed by atoms with van der Waals surface area (Å²) < 4.78 is 15.9. The molecule has 7 heteroatoms. The zero-order valence-electron chi connectivity index (χ0n) is 7.65. The summed E-state index contributed by atoms with van der Waals surface area (Å²) in [6.45, 7) is 2.82. The van der Waals surface area contributed by atoms with Crippen molar-refractivity contribution in [3.8, 4) is 0 Å². The average Bonchev–Trinajstić information content (AvgIpc) is 2.17. The van der Waals surface area contributed by atoms with Crippen molar-refractivity contribution in [1.82, 2.24) is 0 Å². The van der Waals surface area contributed by atoms with E-state index >= 15 is 0 Å². The molecule has 0 aromatic heterocycles. The van der Waals surface area contributed by atoms with Crippen LogP contribution in [0.15, 0.2) is 0 Å². The first-order chi connectivity index (χ1) is 6.35. The van der Waals surface area contributed by atoms with E-state index in [2.05, 4.69) is 0 Å². The van der Waals surface area contributed by atoms with Gasteiger partial charge in [-0.1, -0.05) is 0 Å². The third-order valence-electron chi connectivity index (χ3n) is 0.944. The number of nitrogens with two attached hydrogens (primary N) is 3. The zero-order chi connectivity index (χ0) is 9.94. The average molecular weight is 302 g/mol. The fourth-order valence-corrected chi connectivity index (χ4v) is 3.31. The molecular weight excluding hydrogens is 284 g/mol. The Kier molecular flexibility index (Phi) is 11.1. The van der Waals surface area contributed by atoms with Crippen molar-refractivity contribution in [1.29, 1.82) is 0 Å². The third-order valence-corrected chi connectivity index (χ3v) is 4.31. The molecule has 80 valence electrons. The second-order valence-corrected chi connectivity index (χ2v) is 5.58. The third kappa shape index (κ3) is 8.90. The van der Waals surface area contributed by atoms with Crippen LogP contribution in [-0.4, -0.2) is 60.9 Å². The summed E-state index contributed by atoms with van der Waals surface area (Å²) in [4.78, 5) is 0. The number of rotatable bonds is 9. The molecule has 0 aromatic rings. The van der Waals surface area contributed by atoms with Gasteiger partial charge in [0.05, 0.1) is 0 Å². The first kappa shape index (κ1) is 13.6. The van der Waals surface area contributed by atoms with Crippen LogP contribution in [0.25, 0.3) is 0 Å². The Morgan fingerprint density at radius 2 is 1.00 bits per heavy atom. The molecule has 0 heterocycles. The minimum absolute atomic E-state index is 0.470. The molecule has 6 N–H and O–H groups in total. The maximum absolute atomic E-state index is 5.30. The van der Waals surface area contributed by atoms with Gasteiger partial charge < -0.3 is 0 Å². The van der Waals surface area contributed by atoms with Gasteiger partial charge in [0.2, 0.25) is 0 Å². The number of hydrogen-bond acceptors (Lipinski definition) is 6. The van der Waals surface area contributed by atoms with Crippen LogP contribution in [0.2, 0.25) is 0 Å². The molecule has 0 radical (unpaired) electrons. The van der Waals surface area contributed by atoms with Crippen molar-refractivity contribution in [2.24, 2.45) is 17.2 Å². The van der Waals surface area contributed by atoms with Crippen molar-refractivity contribution >= 4 is 21.5 Å². The standard InChI is InChI=1S/3C2H6NO.Sb/c3*3-1-2-4;/h3*1-3H2;/q3*-1;+3. The summed E-state index contributed by atoms with van der Waals surface area (Å²) in [6, 6.07) is 0. The van der Waals surface area contributed by atoms with Crippen LogP contribution in [0.4, 0.5) is 0 Å². The summed E-state index contributed by atoms with van der Waals surface area (Å²) in [6.07, 6.45) is 0. The molecule has 0 atom stereocenters. The molecule has 0 aromatic carbocycles. The topological polar surface area (TPSA) is 106 Å². The minimum atomic E-state index is -2.45. The molecule has 0 amide bonds. The van der Waals surface area contributed by atoms with Gasteiger partial charge in [0.15, 0.2) is 0 Å². The van der Waals surface area contributed by atoms with E-state index in [0.29, 0.717) is 39.5 Å². The van der Waals surface area contributed by atoms with Crippen LogP contribution in [0.3, 0.4) is 0 Å². The van der Waals surface area contributed by atoms with Crippen molar-refractivity contribution in [2.75, 3.05) is 39.5 Å². The van der Waals surface area contributed by atoms with Gasteiger partial charge in [-0.05, 0) is 0 Å². The van der Waals surface area contributed by atoms with Crippen LogP contribution >= 0.6 is 0 Å². The Balaban J connectivity index is 3.47. The second kappa shape index (κ2) is 10.7. The van der Waals surface area contributed by atoms with Gasteiger partial charge in [-0.25, -0.2) is 0 Å². The Morgan fingerprint density at radius 3 is 1.23 bits per heavy atom. The molecule has 0 saturated carbocycles. The molecule has 0 aliphatic heterocycles. The van der Waals surface area contributed by atoms with E-state index < -0.39 is 21.5 Å². The van der Waals surface area contributed by atoms with Gasteiger partial charge in [-0.15, -0.1) is 0 Å². The molecule has 0 bridgehead atoms. The SMILES string of the molecule is NCC[O][Sb]([O]CCN)[O]CCN. The molecule has 0 aliphatic rings. The molecule has 0 spiro atoms. The van der Waals surface area contributed by atoms with Crippen LogP contribution in [0.1, 0.15) is 0 Å².